The third kappa shape index (κ3) is 5.98. The number of morpholine rings is 1. The van der Waals surface area contributed by atoms with Crippen molar-refractivity contribution in [1.29, 1.82) is 0 Å². The summed E-state index contributed by atoms with van der Waals surface area (Å²) in [6.45, 7) is 1.72. The molecule has 8 heteroatoms. The van der Waals surface area contributed by atoms with Gasteiger partial charge in [0.15, 0.2) is 0 Å². The van der Waals surface area contributed by atoms with Gasteiger partial charge in [0.25, 0.3) is 5.91 Å². The van der Waals surface area contributed by atoms with Crippen LogP contribution < -0.4 is 10.6 Å². The number of carbonyl (C=O) groups excluding carboxylic acids is 2. The molecule has 1 amide bonds. The first-order valence-electron chi connectivity index (χ1n) is 7.47. The van der Waals surface area contributed by atoms with E-state index in [0.717, 1.165) is 17.0 Å². The zero-order valence-electron chi connectivity index (χ0n) is 13.7. The summed E-state index contributed by atoms with van der Waals surface area (Å²) in [6.07, 6.45) is 1.55. The molecule has 24 heavy (non-hydrogen) atoms. The Morgan fingerprint density at radius 1 is 1.42 bits per heavy atom. The van der Waals surface area contributed by atoms with Gasteiger partial charge in [-0.25, -0.2) is 0 Å². The average Bonchev–Trinajstić information content (AvgIpc) is 2.61. The molecule has 2 rings (SSSR count). The smallest absolute Gasteiger partial charge is 0.307 e. The van der Waals surface area contributed by atoms with Gasteiger partial charge in [-0.3, -0.25) is 9.59 Å². The molecule has 1 aliphatic rings. The van der Waals surface area contributed by atoms with Gasteiger partial charge in [-0.05, 0) is 24.0 Å². The molecule has 0 radical (unpaired) electrons. The number of nitrogens with one attached hydrogen (secondary N) is 2. The molecule has 0 aliphatic carbocycles. The third-order valence-electron chi connectivity index (χ3n) is 3.65. The minimum absolute atomic E-state index is 0. The summed E-state index contributed by atoms with van der Waals surface area (Å²) in [5, 5.41) is 6.01. The van der Waals surface area contributed by atoms with Crippen molar-refractivity contribution in [1.82, 2.24) is 10.6 Å². The molecular formula is C16H23ClN2O4S. The van der Waals surface area contributed by atoms with E-state index in [1.807, 2.05) is 30.5 Å². The summed E-state index contributed by atoms with van der Waals surface area (Å²) in [7, 11) is 1.34. The van der Waals surface area contributed by atoms with E-state index in [1.165, 1.54) is 7.11 Å². The predicted molar refractivity (Wildman–Crippen MR) is 95.6 cm³/mol. The van der Waals surface area contributed by atoms with Gasteiger partial charge in [0.05, 0.1) is 26.2 Å². The highest BCUT2D eigenvalue weighted by molar-refractivity contribution is 7.98. The molecule has 1 aromatic rings. The van der Waals surface area contributed by atoms with E-state index in [9.17, 15) is 9.59 Å². The minimum Gasteiger partial charge on any atom is -0.469 e. The molecule has 0 saturated carbocycles. The van der Waals surface area contributed by atoms with E-state index >= 15 is 0 Å². The maximum atomic E-state index is 12.3. The van der Waals surface area contributed by atoms with E-state index in [4.69, 9.17) is 9.47 Å². The van der Waals surface area contributed by atoms with Crippen LogP contribution in [0.2, 0.25) is 0 Å². The van der Waals surface area contributed by atoms with Crippen LogP contribution >= 0.6 is 24.2 Å². The Labute approximate surface area is 152 Å². The van der Waals surface area contributed by atoms with Gasteiger partial charge in [0.2, 0.25) is 0 Å². The molecule has 1 aromatic carbocycles. The van der Waals surface area contributed by atoms with E-state index in [-0.39, 0.29) is 30.7 Å². The van der Waals surface area contributed by atoms with Crippen LogP contribution in [0.5, 0.6) is 0 Å². The maximum Gasteiger partial charge on any atom is 0.307 e. The first-order valence-corrected chi connectivity index (χ1v) is 8.70. The Bertz CT molecular complexity index is 535. The molecule has 1 fully saturated rings. The van der Waals surface area contributed by atoms with Crippen molar-refractivity contribution in [3.8, 4) is 0 Å². The lowest BCUT2D eigenvalue weighted by Gasteiger charge is -2.26. The lowest BCUT2D eigenvalue weighted by atomic mass is 10.0. The highest BCUT2D eigenvalue weighted by Gasteiger charge is 2.26. The summed E-state index contributed by atoms with van der Waals surface area (Å²) >= 11 is 1.64. The summed E-state index contributed by atoms with van der Waals surface area (Å²) in [5.41, 5.74) is 0.866. The summed E-state index contributed by atoms with van der Waals surface area (Å²) in [4.78, 5) is 25.1. The Hall–Kier alpha value is -1.28. The second kappa shape index (κ2) is 10.6. The van der Waals surface area contributed by atoms with Crippen molar-refractivity contribution < 1.29 is 19.1 Å². The van der Waals surface area contributed by atoms with Crippen molar-refractivity contribution in [2.24, 2.45) is 0 Å². The van der Waals surface area contributed by atoms with Crippen molar-refractivity contribution >= 4 is 36.0 Å². The maximum absolute atomic E-state index is 12.3. The normalized spacial score (nSPS) is 18.2. The number of methoxy groups -OCH3 is 1. The Morgan fingerprint density at radius 2 is 2.12 bits per heavy atom. The molecule has 6 nitrogen and oxygen atoms in total. The van der Waals surface area contributed by atoms with Crippen LogP contribution in [0.3, 0.4) is 0 Å². The van der Waals surface area contributed by atoms with E-state index < -0.39 is 12.1 Å². The molecule has 0 bridgehead atoms. The van der Waals surface area contributed by atoms with Crippen LogP contribution in [0.1, 0.15) is 18.0 Å². The largest absolute Gasteiger partial charge is 0.469 e. The second-order valence-corrected chi connectivity index (χ2v) is 6.06. The van der Waals surface area contributed by atoms with Gasteiger partial charge in [-0.15, -0.1) is 24.2 Å². The number of amides is 1. The monoisotopic (exact) mass is 374 g/mol. The van der Waals surface area contributed by atoms with Crippen LogP contribution in [-0.4, -0.2) is 51.0 Å². The molecule has 134 valence electrons. The van der Waals surface area contributed by atoms with E-state index in [2.05, 4.69) is 10.6 Å². The van der Waals surface area contributed by atoms with Crippen molar-refractivity contribution in [3.63, 3.8) is 0 Å². The molecule has 2 N–H and O–H groups in total. The summed E-state index contributed by atoms with van der Waals surface area (Å²) in [6, 6.07) is 7.33. The van der Waals surface area contributed by atoms with Crippen LogP contribution in [0, 0.1) is 0 Å². The molecule has 0 spiro atoms. The number of hydrogen-bond donors (Lipinski definition) is 2. The Kier molecular flexibility index (Phi) is 9.13. The Balaban J connectivity index is 0.00000288. The standard InChI is InChI=1S/C16H22N2O4S.ClH/c1-21-15(19)9-13(11-3-5-12(23-2)6-4-11)18-16(20)14-10-17-7-8-22-14;/h3-6,13-14,17H,7-10H2,1-2H3,(H,18,20);1H. The van der Waals surface area contributed by atoms with Gasteiger partial charge in [-0.1, -0.05) is 12.1 Å². The number of halogens is 1. The number of carbonyl (C=O) groups is 2. The van der Waals surface area contributed by atoms with Crippen molar-refractivity contribution in [2.75, 3.05) is 33.1 Å². The number of benzene rings is 1. The molecule has 2 unspecified atom stereocenters. The van der Waals surface area contributed by atoms with Gasteiger partial charge in [0, 0.05) is 18.0 Å². The number of hydrogen-bond acceptors (Lipinski definition) is 6. The van der Waals surface area contributed by atoms with Crippen LogP contribution in [0.4, 0.5) is 0 Å². The number of thioether (sulfide) groups is 1. The summed E-state index contributed by atoms with van der Waals surface area (Å²) in [5.74, 6) is -0.591. The quantitative estimate of drug-likeness (QED) is 0.581. The lowest BCUT2D eigenvalue weighted by molar-refractivity contribution is -0.142. The van der Waals surface area contributed by atoms with Crippen LogP contribution in [0.25, 0.3) is 0 Å². The SMILES string of the molecule is COC(=O)CC(NC(=O)C1CNCCO1)c1ccc(SC)cc1.Cl. The first-order chi connectivity index (χ1) is 11.1. The van der Waals surface area contributed by atoms with Gasteiger partial charge >= 0.3 is 5.97 Å². The number of esters is 1. The third-order valence-corrected chi connectivity index (χ3v) is 4.40. The van der Waals surface area contributed by atoms with Crippen LogP contribution in [0.15, 0.2) is 29.2 Å². The molecule has 1 heterocycles. The van der Waals surface area contributed by atoms with Gasteiger partial charge < -0.3 is 20.1 Å². The second-order valence-electron chi connectivity index (χ2n) is 5.18. The highest BCUT2D eigenvalue weighted by Crippen LogP contribution is 2.22. The fraction of sp³-hybridized carbons (Fsp3) is 0.500. The molecular weight excluding hydrogens is 352 g/mol. The Morgan fingerprint density at radius 3 is 2.67 bits per heavy atom. The summed E-state index contributed by atoms with van der Waals surface area (Å²) < 4.78 is 10.2. The molecule has 1 aliphatic heterocycles. The zero-order chi connectivity index (χ0) is 16.7. The van der Waals surface area contributed by atoms with Crippen LogP contribution in [-0.2, 0) is 19.1 Å². The van der Waals surface area contributed by atoms with E-state index in [0.29, 0.717) is 13.2 Å². The fourth-order valence-corrected chi connectivity index (χ4v) is 2.75. The number of rotatable bonds is 6. The molecule has 0 aromatic heterocycles. The van der Waals surface area contributed by atoms with Gasteiger partial charge in [0.1, 0.15) is 6.10 Å². The lowest BCUT2D eigenvalue weighted by Crippen LogP contribution is -2.48. The molecule has 2 atom stereocenters. The van der Waals surface area contributed by atoms with Crippen molar-refractivity contribution in [2.45, 2.75) is 23.5 Å². The zero-order valence-corrected chi connectivity index (χ0v) is 15.4. The first kappa shape index (κ1) is 20.8. The minimum atomic E-state index is -0.533. The average molecular weight is 375 g/mol. The number of ether oxygens (including phenoxy) is 2. The molecule has 1 saturated heterocycles. The van der Waals surface area contributed by atoms with Crippen molar-refractivity contribution in [3.05, 3.63) is 29.8 Å². The van der Waals surface area contributed by atoms with Gasteiger partial charge in [-0.2, -0.15) is 0 Å². The topological polar surface area (TPSA) is 76.7 Å². The predicted octanol–water partition coefficient (Wildman–Crippen LogP) is 1.54. The fourth-order valence-electron chi connectivity index (χ4n) is 2.34. The van der Waals surface area contributed by atoms with E-state index in [1.54, 1.807) is 11.8 Å². The highest BCUT2D eigenvalue weighted by atomic mass is 35.5.